The van der Waals surface area contributed by atoms with Crippen LogP contribution in [-0.4, -0.2) is 62.4 Å². The maximum absolute atomic E-state index is 9.20. The van der Waals surface area contributed by atoms with Gasteiger partial charge in [-0.2, -0.15) is 0 Å². The second-order valence-electron chi connectivity index (χ2n) is 65.2. The largest absolute Gasteiger partial charge is 0.381 e. The van der Waals surface area contributed by atoms with E-state index in [1.807, 2.05) is 28.3 Å². The Morgan fingerprint density at radius 1 is 0.300 bits per heavy atom. The molecule has 7 nitrogen and oxygen atoms in total. The average molecular weight is 2080 g/mol. The van der Waals surface area contributed by atoms with E-state index in [9.17, 15) is 10.5 Å². The molecular formula is C143H250O7. The first-order valence-corrected chi connectivity index (χ1v) is 67.3. The van der Waals surface area contributed by atoms with Gasteiger partial charge in [0.15, 0.2) is 0 Å². The summed E-state index contributed by atoms with van der Waals surface area (Å²) in [6, 6.07) is 0. The zero-order valence-corrected chi connectivity index (χ0v) is 105. The Kier molecular flexibility index (Phi) is 40.1. The molecule has 20 aliphatic carbocycles. The lowest BCUT2D eigenvalue weighted by atomic mass is 9.41. The van der Waals surface area contributed by atoms with Gasteiger partial charge in [-0.3, -0.25) is 10.5 Å². The van der Waals surface area contributed by atoms with E-state index < -0.39 is 0 Å². The van der Waals surface area contributed by atoms with E-state index in [-0.39, 0.29) is 12.2 Å². The molecular weight excluding hydrogens is 1830 g/mol. The summed E-state index contributed by atoms with van der Waals surface area (Å²) >= 11 is 0. The van der Waals surface area contributed by atoms with Gasteiger partial charge in [0, 0.05) is 21.3 Å². The Labute approximate surface area is 929 Å². The molecule has 7 heteroatoms. The minimum Gasteiger partial charge on any atom is -0.381 e. The van der Waals surface area contributed by atoms with Crippen LogP contribution in [0.25, 0.3) is 0 Å². The number of ether oxygens (including phenoxy) is 3. The maximum Gasteiger partial charge on any atom is 0.0930 e. The van der Waals surface area contributed by atoms with E-state index in [1.54, 1.807) is 11.1 Å². The minimum atomic E-state index is -0.0365. The SMILES string of the molecule is CC(C)CCC(C)C1CCC2C3CCC4CC(C(C)OO)CCC4(C)C3CCC12C.CC(C)CCCC(C)C1CCC2C3CC=C4CC(C(C)OO)CCC4(C)C3CCC12C.COC1CCC2(C)C(=CCC3C2CCC2(C)C(C(C)CCCC(C)C)CCC32)C1.COC1CCC2(C)C(CCC3C2CCC2(C)C(C(C)CCCC(C)C)CCC32)C1.COC1CCC2(C)C3CCC4(C)C(C(C)CCC=C(C)C)CCC4C3CCC2C1(C)C. The van der Waals surface area contributed by atoms with Crippen molar-refractivity contribution in [2.45, 2.75) is 584 Å². The fourth-order valence-electron chi connectivity index (χ4n) is 47.4. The molecule has 2 N–H and O–H groups in total. The van der Waals surface area contributed by atoms with Crippen molar-refractivity contribution in [1.82, 2.24) is 0 Å². The van der Waals surface area contributed by atoms with Crippen molar-refractivity contribution in [2.75, 3.05) is 21.3 Å². The number of rotatable bonds is 30. The third-order valence-electron chi connectivity index (χ3n) is 56.2. The average Bonchev–Trinajstić information content (AvgIpc) is 1.41. The quantitative estimate of drug-likeness (QED) is 0.0421. The van der Waals surface area contributed by atoms with E-state index in [0.717, 1.165) is 196 Å². The zero-order valence-electron chi connectivity index (χ0n) is 105. The van der Waals surface area contributed by atoms with Crippen LogP contribution in [0.5, 0.6) is 0 Å². The standard InChI is InChI=1S/C30H52O.C29H50O2.C28H50O2.C28H50O.C28H48O/c1-20(2)10-9-11-21(3)23-13-14-24-22-12-15-26-28(4,5)27(31-8)17-19-30(26,7)25(22)16-18-29(23,24)6;1-19(2)8-7-9-20(3)25-12-13-26-24-11-10-23-18-22(21(4)31-30)14-16-28(23,5)27(24)15-17-29(25,26)6;1-18(2)7-8-19(3)24-11-12-25-23-10-9-22-17-21(20(4)30-29)13-15-27(22,5)26(23)14-16-28(24,25)6;2*1-19(2)8-7-9-20(3)24-12-13-25-23-11-10-21-18-22(29-6)14-16-27(21,4)26(23)15-17-28(24,25)5/h10,21-27H,9,11-19H2,1-8H3;10,19-22,24-27,30H,7-9,11-18H2,1-6H3;18-26,29H,7-17H2,1-6H3;19-26H,7-18H2,1-6H3;10,19-20,22-26H,7-9,11-18H2,1-6H3. The van der Waals surface area contributed by atoms with Crippen molar-refractivity contribution in [3.63, 3.8) is 0 Å². The molecule has 0 amide bonds. The van der Waals surface area contributed by atoms with Crippen molar-refractivity contribution in [2.24, 2.45) is 261 Å². The van der Waals surface area contributed by atoms with Crippen LogP contribution in [0.15, 0.2) is 34.9 Å². The summed E-state index contributed by atoms with van der Waals surface area (Å²) in [5, 5.41) is 18.4. The normalized spacial score (nSPS) is 46.5. The highest BCUT2D eigenvalue weighted by molar-refractivity contribution is 5.29. The van der Waals surface area contributed by atoms with E-state index >= 15 is 0 Å². The fourth-order valence-corrected chi connectivity index (χ4v) is 47.4. The van der Waals surface area contributed by atoms with E-state index in [4.69, 9.17) is 24.0 Å². The van der Waals surface area contributed by atoms with Crippen molar-refractivity contribution in [3.8, 4) is 0 Å². The third-order valence-corrected chi connectivity index (χ3v) is 56.2. The van der Waals surface area contributed by atoms with Gasteiger partial charge in [0.05, 0.1) is 30.5 Å². The van der Waals surface area contributed by atoms with Crippen molar-refractivity contribution < 1.29 is 34.5 Å². The first-order chi connectivity index (χ1) is 71.0. The summed E-state index contributed by atoms with van der Waals surface area (Å²) in [6.07, 6.45) is 87.2. The topological polar surface area (TPSA) is 86.6 Å². The minimum absolute atomic E-state index is 0.00448. The molecule has 20 rings (SSSR count). The number of hydrogen-bond donors (Lipinski definition) is 2. The van der Waals surface area contributed by atoms with Gasteiger partial charge in [-0.25, -0.2) is 9.78 Å². The molecule has 20 aliphatic rings. The molecule has 0 aromatic rings. The number of hydrogen-bond acceptors (Lipinski definition) is 7. The summed E-state index contributed by atoms with van der Waals surface area (Å²) in [6.45, 7) is 72.5. The molecule has 0 saturated heterocycles. The van der Waals surface area contributed by atoms with Gasteiger partial charge >= 0.3 is 0 Å². The van der Waals surface area contributed by atoms with Crippen molar-refractivity contribution in [3.05, 3.63) is 34.9 Å². The van der Waals surface area contributed by atoms with Gasteiger partial charge in [-0.15, -0.1) is 0 Å². The van der Waals surface area contributed by atoms with Gasteiger partial charge in [-0.05, 0) is 571 Å². The van der Waals surface area contributed by atoms with Gasteiger partial charge in [0.25, 0.3) is 0 Å². The zero-order chi connectivity index (χ0) is 108. The molecule has 18 fully saturated rings. The predicted molar refractivity (Wildman–Crippen MR) is 636 cm³/mol. The lowest BCUT2D eigenvalue weighted by Crippen LogP contribution is -2.59. The molecule has 0 bridgehead atoms. The highest BCUT2D eigenvalue weighted by Gasteiger charge is 2.69. The van der Waals surface area contributed by atoms with Crippen molar-refractivity contribution >= 4 is 0 Å². The molecule has 0 radical (unpaired) electrons. The van der Waals surface area contributed by atoms with E-state index in [2.05, 4.69) is 212 Å². The van der Waals surface area contributed by atoms with Crippen LogP contribution < -0.4 is 0 Å². The van der Waals surface area contributed by atoms with Crippen LogP contribution in [0, 0.1) is 261 Å². The number of fused-ring (bicyclic) bond motifs is 25. The Morgan fingerprint density at radius 2 is 0.633 bits per heavy atom. The Bertz CT molecular complexity index is 4310. The first kappa shape index (κ1) is 121. The maximum atomic E-state index is 9.20. The summed E-state index contributed by atoms with van der Waals surface area (Å²) in [7, 11) is 5.79. The van der Waals surface area contributed by atoms with Crippen LogP contribution >= 0.6 is 0 Å². The van der Waals surface area contributed by atoms with E-state index in [0.29, 0.717) is 89.7 Å². The van der Waals surface area contributed by atoms with Crippen LogP contribution in [-0.2, 0) is 24.0 Å². The second kappa shape index (κ2) is 49.5. The third kappa shape index (κ3) is 23.6. The van der Waals surface area contributed by atoms with E-state index in [1.165, 1.54) is 352 Å². The molecule has 0 spiro atoms. The molecule has 45 unspecified atom stereocenters. The summed E-state index contributed by atoms with van der Waals surface area (Å²) in [4.78, 5) is 9.47. The monoisotopic (exact) mass is 2080 g/mol. The molecule has 18 saturated carbocycles. The lowest BCUT2D eigenvalue weighted by Gasteiger charge is -2.65. The van der Waals surface area contributed by atoms with Crippen molar-refractivity contribution in [1.29, 1.82) is 0 Å². The van der Waals surface area contributed by atoms with Gasteiger partial charge in [0.1, 0.15) is 0 Å². The first-order valence-electron chi connectivity index (χ1n) is 67.3. The smallest absolute Gasteiger partial charge is 0.0930 e. The molecule has 0 aromatic heterocycles. The molecule has 0 heterocycles. The number of allylic oxidation sites excluding steroid dienone is 5. The Balaban J connectivity index is 0.000000133. The highest BCUT2D eigenvalue weighted by Crippen LogP contribution is 2.77. The Morgan fingerprint density at radius 3 is 1.04 bits per heavy atom. The number of methoxy groups -OCH3 is 3. The lowest BCUT2D eigenvalue weighted by molar-refractivity contribution is -0.290. The second-order valence-corrected chi connectivity index (χ2v) is 65.2. The fraction of sp³-hybridized carbons (Fsp3) is 0.958. The molecule has 864 valence electrons. The molecule has 150 heavy (non-hydrogen) atoms. The summed E-state index contributed by atoms with van der Waals surface area (Å²) in [5.41, 5.74) is 10.9. The van der Waals surface area contributed by atoms with Gasteiger partial charge in [0.2, 0.25) is 0 Å². The van der Waals surface area contributed by atoms with Gasteiger partial charge < -0.3 is 14.2 Å². The molecule has 0 aromatic carbocycles. The van der Waals surface area contributed by atoms with Gasteiger partial charge in [-0.1, -0.05) is 279 Å². The highest BCUT2D eigenvalue weighted by atomic mass is 17.1. The van der Waals surface area contributed by atoms with Crippen LogP contribution in [0.4, 0.5) is 0 Å². The molecule has 45 atom stereocenters. The van der Waals surface area contributed by atoms with Crippen LogP contribution in [0.2, 0.25) is 0 Å². The summed E-state index contributed by atoms with van der Waals surface area (Å²) in [5.74, 6) is 31.0. The van der Waals surface area contributed by atoms with Crippen LogP contribution in [0.3, 0.4) is 0 Å². The summed E-state index contributed by atoms with van der Waals surface area (Å²) < 4.78 is 17.6. The molecule has 0 aliphatic heterocycles. The Hall–Kier alpha value is -1.06. The van der Waals surface area contributed by atoms with Crippen LogP contribution in [0.1, 0.15) is 554 Å². The predicted octanol–water partition coefficient (Wildman–Crippen LogP) is 41.6.